The minimum absolute atomic E-state index is 0.153. The number of β-amino-alcohol motifs (C(OH)–C–C–N with tert-alkyl or cyclic N) is 2. The number of aliphatic hydroxyl groups is 2. The van der Waals surface area contributed by atoms with Crippen molar-refractivity contribution < 1.29 is 15.0 Å². The summed E-state index contributed by atoms with van der Waals surface area (Å²) >= 11 is 9.08. The second kappa shape index (κ2) is 4.94. The Labute approximate surface area is 112 Å². The molecule has 0 aromatic heterocycles. The molecule has 2 N–H and O–H groups in total. The summed E-state index contributed by atoms with van der Waals surface area (Å²) in [4.78, 5) is 13.5. The van der Waals surface area contributed by atoms with Gasteiger partial charge in [0, 0.05) is 23.1 Å². The van der Waals surface area contributed by atoms with Gasteiger partial charge in [0.15, 0.2) is 0 Å². The van der Waals surface area contributed by atoms with Crippen LogP contribution in [0, 0.1) is 0 Å². The zero-order valence-electron chi connectivity index (χ0n) is 8.81. The van der Waals surface area contributed by atoms with Crippen LogP contribution in [-0.4, -0.2) is 46.3 Å². The second-order valence-corrected chi connectivity index (χ2v) is 5.24. The molecule has 2 atom stereocenters. The molecule has 1 heterocycles. The molecule has 1 amide bonds. The minimum atomic E-state index is -0.866. The lowest BCUT2D eigenvalue weighted by atomic mass is 10.2. The number of hydrogen-bond acceptors (Lipinski definition) is 3. The van der Waals surface area contributed by atoms with Crippen LogP contribution in [0.2, 0.25) is 5.02 Å². The molecule has 0 radical (unpaired) electrons. The van der Waals surface area contributed by atoms with Crippen molar-refractivity contribution in [2.45, 2.75) is 12.2 Å². The molecule has 1 fully saturated rings. The lowest BCUT2D eigenvalue weighted by molar-refractivity contribution is 0.0572. The first kappa shape index (κ1) is 12.8. The molecular formula is C11H11BrClNO3. The van der Waals surface area contributed by atoms with E-state index in [1.54, 1.807) is 18.2 Å². The van der Waals surface area contributed by atoms with E-state index in [0.29, 0.717) is 15.1 Å². The third kappa shape index (κ3) is 2.63. The Balaban J connectivity index is 2.17. The summed E-state index contributed by atoms with van der Waals surface area (Å²) in [6.45, 7) is 0.306. The fourth-order valence-corrected chi connectivity index (χ4v) is 2.24. The number of aliphatic hydroxyl groups excluding tert-OH is 2. The number of benzene rings is 1. The lowest BCUT2D eigenvalue weighted by Gasteiger charge is -2.15. The van der Waals surface area contributed by atoms with Crippen LogP contribution in [-0.2, 0) is 0 Å². The third-order valence-electron chi connectivity index (χ3n) is 2.71. The molecule has 1 aliphatic rings. The van der Waals surface area contributed by atoms with E-state index in [1.807, 2.05) is 0 Å². The van der Waals surface area contributed by atoms with Gasteiger partial charge in [-0.15, -0.1) is 0 Å². The summed E-state index contributed by atoms with van der Waals surface area (Å²) in [5, 5.41) is 19.3. The monoisotopic (exact) mass is 319 g/mol. The van der Waals surface area contributed by atoms with Gasteiger partial charge in [-0.1, -0.05) is 11.6 Å². The van der Waals surface area contributed by atoms with E-state index >= 15 is 0 Å². The fraction of sp³-hybridized carbons (Fsp3) is 0.364. The Morgan fingerprint density at radius 1 is 1.35 bits per heavy atom. The molecule has 0 saturated carbocycles. The van der Waals surface area contributed by atoms with E-state index in [-0.39, 0.29) is 19.0 Å². The Bertz CT molecular complexity index is 444. The summed E-state index contributed by atoms with van der Waals surface area (Å²) in [6, 6.07) is 4.87. The summed E-state index contributed by atoms with van der Waals surface area (Å²) in [5.74, 6) is -0.224. The van der Waals surface area contributed by atoms with Crippen LogP contribution in [0.3, 0.4) is 0 Å². The molecule has 1 aromatic carbocycles. The van der Waals surface area contributed by atoms with E-state index in [2.05, 4.69) is 15.9 Å². The van der Waals surface area contributed by atoms with Crippen LogP contribution >= 0.6 is 27.5 Å². The maximum absolute atomic E-state index is 12.0. The maximum Gasteiger partial charge on any atom is 0.254 e. The Morgan fingerprint density at radius 2 is 1.94 bits per heavy atom. The quantitative estimate of drug-likeness (QED) is 0.819. The Kier molecular flexibility index (Phi) is 3.73. The molecule has 2 unspecified atom stereocenters. The highest BCUT2D eigenvalue weighted by Gasteiger charge is 2.32. The highest BCUT2D eigenvalue weighted by Crippen LogP contribution is 2.24. The van der Waals surface area contributed by atoms with Gasteiger partial charge in [0.25, 0.3) is 5.91 Å². The maximum atomic E-state index is 12.0. The van der Waals surface area contributed by atoms with Crippen LogP contribution in [0.25, 0.3) is 0 Å². The molecule has 0 spiro atoms. The van der Waals surface area contributed by atoms with Crippen molar-refractivity contribution in [3.05, 3.63) is 33.3 Å². The number of carbonyl (C=O) groups is 1. The van der Waals surface area contributed by atoms with E-state index in [4.69, 9.17) is 11.6 Å². The number of rotatable bonds is 1. The standard InChI is InChI=1S/C11H11BrClNO3/c12-7-3-6(1-2-8(7)13)11(17)14-4-9(15)10(16)5-14/h1-3,9-10,15-16H,4-5H2. The molecule has 92 valence electrons. The summed E-state index contributed by atoms with van der Waals surface area (Å²) in [5.41, 5.74) is 0.475. The topological polar surface area (TPSA) is 60.8 Å². The Hall–Kier alpha value is -0.620. The number of likely N-dealkylation sites (tertiary alicyclic amines) is 1. The minimum Gasteiger partial charge on any atom is -0.388 e. The largest absolute Gasteiger partial charge is 0.388 e. The number of halogens is 2. The first-order valence-electron chi connectivity index (χ1n) is 5.09. The highest BCUT2D eigenvalue weighted by molar-refractivity contribution is 9.10. The van der Waals surface area contributed by atoms with Gasteiger partial charge in [-0.25, -0.2) is 0 Å². The van der Waals surface area contributed by atoms with Gasteiger partial charge in [-0.3, -0.25) is 4.79 Å². The van der Waals surface area contributed by atoms with Gasteiger partial charge in [0.1, 0.15) is 0 Å². The van der Waals surface area contributed by atoms with E-state index in [9.17, 15) is 15.0 Å². The van der Waals surface area contributed by atoms with Gasteiger partial charge in [0.05, 0.1) is 17.2 Å². The molecule has 1 aromatic rings. The SMILES string of the molecule is O=C(c1ccc(Cl)c(Br)c1)N1CC(O)C(O)C1. The number of hydrogen-bond donors (Lipinski definition) is 2. The molecular weight excluding hydrogens is 309 g/mol. The molecule has 4 nitrogen and oxygen atoms in total. The first-order valence-corrected chi connectivity index (χ1v) is 6.26. The normalized spacial score (nSPS) is 24.1. The fourth-order valence-electron chi connectivity index (χ4n) is 1.75. The van der Waals surface area contributed by atoms with Crippen molar-refractivity contribution in [2.24, 2.45) is 0 Å². The van der Waals surface area contributed by atoms with Crippen LogP contribution in [0.4, 0.5) is 0 Å². The predicted molar refractivity (Wildman–Crippen MR) is 67.1 cm³/mol. The van der Waals surface area contributed by atoms with Gasteiger partial charge in [0.2, 0.25) is 0 Å². The zero-order chi connectivity index (χ0) is 12.6. The molecule has 0 aliphatic carbocycles. The van der Waals surface area contributed by atoms with E-state index in [1.165, 1.54) is 4.90 Å². The second-order valence-electron chi connectivity index (χ2n) is 3.97. The van der Waals surface area contributed by atoms with Crippen molar-refractivity contribution >= 4 is 33.4 Å². The van der Waals surface area contributed by atoms with Crippen molar-refractivity contribution in [2.75, 3.05) is 13.1 Å². The number of amides is 1. The molecule has 0 bridgehead atoms. The van der Waals surface area contributed by atoms with Gasteiger partial charge < -0.3 is 15.1 Å². The predicted octanol–water partition coefficient (Wildman–Crippen LogP) is 1.28. The highest BCUT2D eigenvalue weighted by atomic mass is 79.9. The summed E-state index contributed by atoms with van der Waals surface area (Å²) in [7, 11) is 0. The smallest absolute Gasteiger partial charge is 0.254 e. The van der Waals surface area contributed by atoms with Gasteiger partial charge in [-0.05, 0) is 34.1 Å². The third-order valence-corrected chi connectivity index (χ3v) is 3.93. The summed E-state index contributed by atoms with van der Waals surface area (Å²) in [6.07, 6.45) is -1.73. The van der Waals surface area contributed by atoms with Crippen molar-refractivity contribution in [3.63, 3.8) is 0 Å². The molecule has 1 saturated heterocycles. The van der Waals surface area contributed by atoms with E-state index in [0.717, 1.165) is 0 Å². The van der Waals surface area contributed by atoms with Crippen LogP contribution < -0.4 is 0 Å². The van der Waals surface area contributed by atoms with Crippen molar-refractivity contribution in [1.82, 2.24) is 4.90 Å². The molecule has 6 heteroatoms. The average molecular weight is 321 g/mol. The number of nitrogens with zero attached hydrogens (tertiary/aromatic N) is 1. The average Bonchev–Trinajstić information content (AvgIpc) is 2.62. The van der Waals surface area contributed by atoms with Crippen molar-refractivity contribution in [1.29, 1.82) is 0 Å². The first-order chi connectivity index (χ1) is 7.99. The summed E-state index contributed by atoms with van der Waals surface area (Å²) < 4.78 is 0.644. The van der Waals surface area contributed by atoms with Crippen LogP contribution in [0.5, 0.6) is 0 Å². The molecule has 2 rings (SSSR count). The Morgan fingerprint density at radius 3 is 2.47 bits per heavy atom. The zero-order valence-corrected chi connectivity index (χ0v) is 11.1. The van der Waals surface area contributed by atoms with Gasteiger partial charge in [-0.2, -0.15) is 0 Å². The molecule has 1 aliphatic heterocycles. The van der Waals surface area contributed by atoms with Crippen LogP contribution in [0.15, 0.2) is 22.7 Å². The van der Waals surface area contributed by atoms with Crippen LogP contribution in [0.1, 0.15) is 10.4 Å². The lowest BCUT2D eigenvalue weighted by Crippen LogP contribution is -2.29. The number of carbonyl (C=O) groups excluding carboxylic acids is 1. The van der Waals surface area contributed by atoms with Crippen molar-refractivity contribution in [3.8, 4) is 0 Å². The van der Waals surface area contributed by atoms with E-state index < -0.39 is 12.2 Å². The molecule has 17 heavy (non-hydrogen) atoms. The van der Waals surface area contributed by atoms with Gasteiger partial charge >= 0.3 is 0 Å².